The van der Waals surface area contributed by atoms with Gasteiger partial charge in [0.15, 0.2) is 0 Å². The minimum absolute atomic E-state index is 0.000536. The van der Waals surface area contributed by atoms with Gasteiger partial charge < -0.3 is 29.0 Å². The number of methoxy groups -OCH3 is 1. The number of rotatable bonds is 6. The van der Waals surface area contributed by atoms with Crippen molar-refractivity contribution in [2.45, 2.75) is 82.0 Å². The predicted octanol–water partition coefficient (Wildman–Crippen LogP) is 2.51. The standard InChI is InChI=1S/C22H35NO6/c1-14(2)7-8-17-21(3,29-17)19-18(26-4)16(9-10-22(19)13-27-22)28-20(25)23-11-5-6-15(23)12-24/h7-8,14-19,24H,5-6,9-13H2,1-4H3/t15?,16-,17-,18-,19?,21?,22+/m1/s1. The van der Waals surface area contributed by atoms with Crippen molar-refractivity contribution in [1.82, 2.24) is 4.90 Å². The maximum absolute atomic E-state index is 12.8. The fourth-order valence-electron chi connectivity index (χ4n) is 5.41. The molecule has 0 radical (unpaired) electrons. The summed E-state index contributed by atoms with van der Waals surface area (Å²) in [4.78, 5) is 14.5. The highest BCUT2D eigenvalue weighted by Gasteiger charge is 2.72. The van der Waals surface area contributed by atoms with Gasteiger partial charge in [0, 0.05) is 13.7 Å². The Morgan fingerprint density at radius 2 is 2.14 bits per heavy atom. The number of hydrogen-bond donors (Lipinski definition) is 1. The zero-order valence-corrected chi connectivity index (χ0v) is 18.0. The van der Waals surface area contributed by atoms with Gasteiger partial charge in [0.05, 0.1) is 25.2 Å². The molecule has 4 fully saturated rings. The highest BCUT2D eigenvalue weighted by Crippen LogP contribution is 2.59. The summed E-state index contributed by atoms with van der Waals surface area (Å²) >= 11 is 0. The van der Waals surface area contributed by atoms with Gasteiger partial charge in [-0.25, -0.2) is 4.79 Å². The highest BCUT2D eigenvalue weighted by atomic mass is 16.6. The van der Waals surface area contributed by atoms with Crippen molar-refractivity contribution in [2.24, 2.45) is 11.8 Å². The summed E-state index contributed by atoms with van der Waals surface area (Å²) in [6, 6.07) is -0.143. The van der Waals surface area contributed by atoms with Crippen LogP contribution < -0.4 is 0 Å². The molecule has 7 nitrogen and oxygen atoms in total. The summed E-state index contributed by atoms with van der Waals surface area (Å²) in [5.74, 6) is 0.466. The number of allylic oxidation sites excluding steroid dienone is 1. The number of aliphatic hydroxyl groups excluding tert-OH is 1. The highest BCUT2D eigenvalue weighted by molar-refractivity contribution is 5.68. The minimum Gasteiger partial charge on any atom is -0.443 e. The Morgan fingerprint density at radius 3 is 2.76 bits per heavy atom. The van der Waals surface area contributed by atoms with Gasteiger partial charge in [-0.05, 0) is 38.5 Å². The third-order valence-electron chi connectivity index (χ3n) is 7.15. The first-order chi connectivity index (χ1) is 13.8. The van der Waals surface area contributed by atoms with Crippen molar-refractivity contribution < 1.29 is 28.8 Å². The van der Waals surface area contributed by atoms with Crippen LogP contribution in [0, 0.1) is 11.8 Å². The molecule has 7 atom stereocenters. The molecule has 3 saturated heterocycles. The zero-order valence-electron chi connectivity index (χ0n) is 18.0. The predicted molar refractivity (Wildman–Crippen MR) is 107 cm³/mol. The third kappa shape index (κ3) is 3.82. The fourth-order valence-corrected chi connectivity index (χ4v) is 5.41. The Labute approximate surface area is 173 Å². The summed E-state index contributed by atoms with van der Waals surface area (Å²) < 4.78 is 24.0. The number of nitrogens with zero attached hydrogens (tertiary/aromatic N) is 1. The Kier molecular flexibility index (Phi) is 5.70. The molecule has 4 aliphatic rings. The second-order valence-electron chi connectivity index (χ2n) is 9.52. The van der Waals surface area contributed by atoms with E-state index in [1.54, 1.807) is 12.0 Å². The molecule has 1 spiro atoms. The van der Waals surface area contributed by atoms with Gasteiger partial charge in [-0.3, -0.25) is 0 Å². The van der Waals surface area contributed by atoms with Crippen LogP contribution in [0.5, 0.6) is 0 Å². The molecule has 0 aromatic carbocycles. The molecule has 1 amide bonds. The van der Waals surface area contributed by atoms with E-state index in [1.165, 1.54) is 0 Å². The maximum atomic E-state index is 12.8. The molecule has 1 saturated carbocycles. The van der Waals surface area contributed by atoms with E-state index in [1.807, 2.05) is 0 Å². The number of hydrogen-bond acceptors (Lipinski definition) is 6. The fraction of sp³-hybridized carbons (Fsp3) is 0.864. The van der Waals surface area contributed by atoms with E-state index in [2.05, 4.69) is 32.9 Å². The molecule has 3 unspecified atom stereocenters. The third-order valence-corrected chi connectivity index (χ3v) is 7.15. The van der Waals surface area contributed by atoms with Crippen molar-refractivity contribution >= 4 is 6.09 Å². The normalized spacial score (nSPS) is 44.1. The summed E-state index contributed by atoms with van der Waals surface area (Å²) in [5.41, 5.74) is -0.616. The van der Waals surface area contributed by atoms with Crippen molar-refractivity contribution in [3.63, 3.8) is 0 Å². The van der Waals surface area contributed by atoms with Crippen LogP contribution in [0.4, 0.5) is 4.79 Å². The Bertz CT molecular complexity index is 647. The van der Waals surface area contributed by atoms with Crippen molar-refractivity contribution in [2.75, 3.05) is 26.9 Å². The molecule has 3 aliphatic heterocycles. The van der Waals surface area contributed by atoms with Crippen LogP contribution >= 0.6 is 0 Å². The van der Waals surface area contributed by atoms with E-state index in [-0.39, 0.29) is 54.2 Å². The molecule has 164 valence electrons. The topological polar surface area (TPSA) is 84.1 Å². The molecule has 29 heavy (non-hydrogen) atoms. The van der Waals surface area contributed by atoms with Gasteiger partial charge in [0.25, 0.3) is 0 Å². The van der Waals surface area contributed by atoms with Crippen LogP contribution in [0.15, 0.2) is 12.2 Å². The number of amides is 1. The second-order valence-corrected chi connectivity index (χ2v) is 9.52. The first-order valence-corrected chi connectivity index (χ1v) is 11.0. The quantitative estimate of drug-likeness (QED) is 0.536. The molecular formula is C22H35NO6. The summed E-state index contributed by atoms with van der Waals surface area (Å²) in [5, 5.41) is 9.53. The molecule has 4 rings (SSSR count). The van der Waals surface area contributed by atoms with Gasteiger partial charge in [-0.15, -0.1) is 0 Å². The molecule has 0 aromatic heterocycles. The first-order valence-electron chi connectivity index (χ1n) is 11.0. The van der Waals surface area contributed by atoms with Crippen molar-refractivity contribution in [3.05, 3.63) is 12.2 Å². The van der Waals surface area contributed by atoms with Crippen LogP contribution in [0.2, 0.25) is 0 Å². The SMILES string of the molecule is CO[C@H]1C(C2(C)O[C@@H]2C=CC(C)C)[C@]2(CC[C@H]1OC(=O)N1CCCC1CO)CO2. The van der Waals surface area contributed by atoms with Gasteiger partial charge in [0.1, 0.15) is 29.5 Å². The summed E-state index contributed by atoms with van der Waals surface area (Å²) in [6.45, 7) is 7.73. The maximum Gasteiger partial charge on any atom is 0.410 e. The largest absolute Gasteiger partial charge is 0.443 e. The molecule has 0 aromatic rings. The summed E-state index contributed by atoms with van der Waals surface area (Å²) in [6.07, 6.45) is 6.61. The van der Waals surface area contributed by atoms with E-state index in [4.69, 9.17) is 18.9 Å². The number of carbonyl (C=O) groups excluding carboxylic acids is 1. The lowest BCUT2D eigenvalue weighted by molar-refractivity contribution is -0.122. The number of aliphatic hydroxyl groups is 1. The van der Waals surface area contributed by atoms with Crippen molar-refractivity contribution in [1.29, 1.82) is 0 Å². The van der Waals surface area contributed by atoms with Crippen LogP contribution in [0.1, 0.15) is 46.5 Å². The van der Waals surface area contributed by atoms with Crippen LogP contribution in [-0.4, -0.2) is 78.5 Å². The number of likely N-dealkylation sites (tertiary alicyclic amines) is 1. The average molecular weight is 410 g/mol. The molecule has 1 N–H and O–H groups in total. The molecule has 7 heteroatoms. The second kappa shape index (κ2) is 7.84. The first kappa shape index (κ1) is 21.1. The number of carbonyl (C=O) groups is 1. The van der Waals surface area contributed by atoms with E-state index in [0.717, 1.165) is 19.3 Å². The van der Waals surface area contributed by atoms with Crippen LogP contribution in [0.3, 0.4) is 0 Å². The van der Waals surface area contributed by atoms with Gasteiger partial charge in [-0.2, -0.15) is 0 Å². The molecule has 3 heterocycles. The molecule has 1 aliphatic carbocycles. The van der Waals surface area contributed by atoms with Gasteiger partial charge in [-0.1, -0.05) is 26.0 Å². The Morgan fingerprint density at radius 1 is 1.38 bits per heavy atom. The van der Waals surface area contributed by atoms with Crippen molar-refractivity contribution in [3.8, 4) is 0 Å². The molecule has 0 bridgehead atoms. The van der Waals surface area contributed by atoms with Crippen LogP contribution in [0.25, 0.3) is 0 Å². The summed E-state index contributed by atoms with van der Waals surface area (Å²) in [7, 11) is 1.68. The zero-order chi connectivity index (χ0) is 20.8. The Balaban J connectivity index is 1.49. The Hall–Kier alpha value is -1.15. The van der Waals surface area contributed by atoms with E-state index in [0.29, 0.717) is 25.5 Å². The lowest BCUT2D eigenvalue weighted by Crippen LogP contribution is -2.56. The van der Waals surface area contributed by atoms with E-state index < -0.39 is 0 Å². The molecular weight excluding hydrogens is 374 g/mol. The number of epoxide rings is 2. The van der Waals surface area contributed by atoms with E-state index >= 15 is 0 Å². The van der Waals surface area contributed by atoms with Gasteiger partial charge >= 0.3 is 6.09 Å². The van der Waals surface area contributed by atoms with Crippen LogP contribution in [-0.2, 0) is 18.9 Å². The smallest absolute Gasteiger partial charge is 0.410 e. The minimum atomic E-state index is -0.380. The van der Waals surface area contributed by atoms with Gasteiger partial charge in [0.2, 0.25) is 0 Å². The number of ether oxygens (including phenoxy) is 4. The lowest BCUT2D eigenvalue weighted by Gasteiger charge is -2.43. The average Bonchev–Trinajstić information content (AvgIpc) is 3.54. The van der Waals surface area contributed by atoms with E-state index in [9.17, 15) is 9.90 Å². The lowest BCUT2D eigenvalue weighted by atomic mass is 9.68. The monoisotopic (exact) mass is 409 g/mol.